The van der Waals surface area contributed by atoms with E-state index in [1.807, 2.05) is 12.1 Å². The molecule has 1 aromatic rings. The van der Waals surface area contributed by atoms with Crippen molar-refractivity contribution in [3.8, 4) is 0 Å². The number of carbonyl (C=O) groups is 1. The van der Waals surface area contributed by atoms with Crippen molar-refractivity contribution < 1.29 is 4.79 Å². The van der Waals surface area contributed by atoms with Crippen LogP contribution in [0.15, 0.2) is 36.9 Å². The van der Waals surface area contributed by atoms with Gasteiger partial charge in [0, 0.05) is 12.8 Å². The summed E-state index contributed by atoms with van der Waals surface area (Å²) in [7, 11) is 0. The molecule has 1 heteroatoms. The average molecular weight is 216 g/mol. The monoisotopic (exact) mass is 216 g/mol. The van der Waals surface area contributed by atoms with E-state index in [0.29, 0.717) is 18.6 Å². The summed E-state index contributed by atoms with van der Waals surface area (Å²) >= 11 is 0. The van der Waals surface area contributed by atoms with E-state index in [-0.39, 0.29) is 0 Å². The molecule has 0 fully saturated rings. The molecule has 0 aliphatic rings. The van der Waals surface area contributed by atoms with Gasteiger partial charge >= 0.3 is 0 Å². The van der Waals surface area contributed by atoms with E-state index in [1.54, 1.807) is 0 Å². The van der Waals surface area contributed by atoms with E-state index in [2.05, 4.69) is 31.7 Å². The Morgan fingerprint density at radius 1 is 1.38 bits per heavy atom. The van der Waals surface area contributed by atoms with Gasteiger partial charge in [-0.2, -0.15) is 0 Å². The van der Waals surface area contributed by atoms with Crippen molar-refractivity contribution >= 4 is 5.78 Å². The molecule has 0 saturated heterocycles. The van der Waals surface area contributed by atoms with Gasteiger partial charge in [-0.1, -0.05) is 35.9 Å². The first kappa shape index (κ1) is 12.7. The highest BCUT2D eigenvalue weighted by Crippen LogP contribution is 2.08. The van der Waals surface area contributed by atoms with Crippen LogP contribution >= 0.6 is 0 Å². The van der Waals surface area contributed by atoms with Crippen LogP contribution in [0.5, 0.6) is 0 Å². The lowest BCUT2D eigenvalue weighted by Crippen LogP contribution is -2.00. The van der Waals surface area contributed by atoms with Crippen molar-refractivity contribution in [1.82, 2.24) is 0 Å². The number of rotatable bonds is 7. The minimum atomic E-state index is 0.364. The van der Waals surface area contributed by atoms with Gasteiger partial charge in [0.2, 0.25) is 0 Å². The first-order valence-corrected chi connectivity index (χ1v) is 5.90. The van der Waals surface area contributed by atoms with Crippen LogP contribution in [0.25, 0.3) is 0 Å². The van der Waals surface area contributed by atoms with Crippen molar-refractivity contribution in [2.75, 3.05) is 0 Å². The van der Waals surface area contributed by atoms with E-state index in [0.717, 1.165) is 19.3 Å². The summed E-state index contributed by atoms with van der Waals surface area (Å²) in [5.74, 6) is 0.364. The van der Waals surface area contributed by atoms with Crippen molar-refractivity contribution in [2.24, 2.45) is 0 Å². The van der Waals surface area contributed by atoms with Crippen molar-refractivity contribution in [3.63, 3.8) is 0 Å². The minimum absolute atomic E-state index is 0.364. The average Bonchev–Trinajstić information content (AvgIpc) is 2.27. The summed E-state index contributed by atoms with van der Waals surface area (Å²) in [6, 6.07) is 8.36. The largest absolute Gasteiger partial charge is 0.300 e. The molecule has 0 amide bonds. The lowest BCUT2D eigenvalue weighted by atomic mass is 10.0. The van der Waals surface area contributed by atoms with E-state index in [4.69, 9.17) is 0 Å². The Morgan fingerprint density at radius 3 is 2.88 bits per heavy atom. The predicted molar refractivity (Wildman–Crippen MR) is 68.6 cm³/mol. The number of unbranched alkanes of at least 4 members (excludes halogenated alkanes) is 1. The van der Waals surface area contributed by atoms with E-state index in [9.17, 15) is 4.79 Å². The maximum Gasteiger partial charge on any atom is 0.133 e. The van der Waals surface area contributed by atoms with Gasteiger partial charge in [-0.15, -0.1) is 6.58 Å². The minimum Gasteiger partial charge on any atom is -0.300 e. The SMILES string of the molecule is C=CCCCC(=O)CCc1cccc(C)c1. The summed E-state index contributed by atoms with van der Waals surface area (Å²) < 4.78 is 0. The van der Waals surface area contributed by atoms with Crippen molar-refractivity contribution in [3.05, 3.63) is 48.0 Å². The van der Waals surface area contributed by atoms with Crippen LogP contribution in [0.4, 0.5) is 0 Å². The van der Waals surface area contributed by atoms with Crippen LogP contribution in [-0.2, 0) is 11.2 Å². The van der Waals surface area contributed by atoms with Gasteiger partial charge in [-0.25, -0.2) is 0 Å². The van der Waals surface area contributed by atoms with Crippen molar-refractivity contribution in [2.45, 2.75) is 39.0 Å². The zero-order valence-electron chi connectivity index (χ0n) is 10.0. The molecule has 0 spiro atoms. The summed E-state index contributed by atoms with van der Waals surface area (Å²) in [5.41, 5.74) is 2.52. The summed E-state index contributed by atoms with van der Waals surface area (Å²) in [5, 5.41) is 0. The molecular formula is C15H20O. The normalized spacial score (nSPS) is 10.1. The fraction of sp³-hybridized carbons (Fsp3) is 0.400. The first-order valence-electron chi connectivity index (χ1n) is 5.90. The Kier molecular flexibility index (Phi) is 5.55. The van der Waals surface area contributed by atoms with Crippen LogP contribution in [0, 0.1) is 6.92 Å². The van der Waals surface area contributed by atoms with Gasteiger partial charge in [0.05, 0.1) is 0 Å². The lowest BCUT2D eigenvalue weighted by molar-refractivity contribution is -0.119. The number of ketones is 1. The number of hydrogen-bond donors (Lipinski definition) is 0. The molecule has 0 unspecified atom stereocenters. The molecule has 0 aromatic heterocycles. The summed E-state index contributed by atoms with van der Waals surface area (Å²) in [4.78, 5) is 11.5. The number of Topliss-reactive ketones (excluding diaryl/α,β-unsaturated/α-hetero) is 1. The number of benzene rings is 1. The third-order valence-electron chi connectivity index (χ3n) is 2.64. The fourth-order valence-corrected chi connectivity index (χ4v) is 1.72. The number of allylic oxidation sites excluding steroid dienone is 1. The molecule has 0 saturated carbocycles. The molecule has 1 aromatic carbocycles. The Hall–Kier alpha value is -1.37. The summed E-state index contributed by atoms with van der Waals surface area (Å²) in [6.07, 6.45) is 5.98. The van der Waals surface area contributed by atoms with E-state index in [1.165, 1.54) is 11.1 Å². The number of hydrogen-bond acceptors (Lipinski definition) is 1. The third kappa shape index (κ3) is 4.92. The molecule has 0 heterocycles. The number of aryl methyl sites for hydroxylation is 2. The molecule has 86 valence electrons. The summed E-state index contributed by atoms with van der Waals surface area (Å²) in [6.45, 7) is 5.73. The molecule has 0 aliphatic heterocycles. The molecule has 0 atom stereocenters. The van der Waals surface area contributed by atoms with Crippen LogP contribution in [0.2, 0.25) is 0 Å². The molecule has 16 heavy (non-hydrogen) atoms. The zero-order chi connectivity index (χ0) is 11.8. The van der Waals surface area contributed by atoms with Gasteiger partial charge < -0.3 is 0 Å². The Labute approximate surface area is 98.2 Å². The molecule has 1 rings (SSSR count). The van der Waals surface area contributed by atoms with E-state index >= 15 is 0 Å². The van der Waals surface area contributed by atoms with Gasteiger partial charge in [0.1, 0.15) is 5.78 Å². The third-order valence-corrected chi connectivity index (χ3v) is 2.64. The van der Waals surface area contributed by atoms with Gasteiger partial charge in [-0.05, 0) is 31.7 Å². The standard InChI is InChI=1S/C15H20O/c1-3-4-5-9-15(16)11-10-14-8-6-7-13(2)12-14/h3,6-8,12H,1,4-5,9-11H2,2H3. The van der Waals surface area contributed by atoms with E-state index < -0.39 is 0 Å². The first-order chi connectivity index (χ1) is 7.72. The second-order valence-electron chi connectivity index (χ2n) is 4.21. The maximum atomic E-state index is 11.5. The molecule has 0 bridgehead atoms. The molecular weight excluding hydrogens is 196 g/mol. The quantitative estimate of drug-likeness (QED) is 0.499. The Morgan fingerprint density at radius 2 is 2.19 bits per heavy atom. The molecule has 0 N–H and O–H groups in total. The van der Waals surface area contributed by atoms with Crippen LogP contribution in [0.3, 0.4) is 0 Å². The van der Waals surface area contributed by atoms with Crippen LogP contribution < -0.4 is 0 Å². The van der Waals surface area contributed by atoms with Crippen molar-refractivity contribution in [1.29, 1.82) is 0 Å². The fourth-order valence-electron chi connectivity index (χ4n) is 1.72. The Bertz CT molecular complexity index is 352. The highest BCUT2D eigenvalue weighted by atomic mass is 16.1. The second kappa shape index (κ2) is 7.00. The van der Waals surface area contributed by atoms with Crippen LogP contribution in [-0.4, -0.2) is 5.78 Å². The highest BCUT2D eigenvalue weighted by Gasteiger charge is 2.02. The number of carbonyl (C=O) groups excluding carboxylic acids is 1. The Balaban J connectivity index is 2.28. The maximum absolute atomic E-state index is 11.5. The molecule has 0 aliphatic carbocycles. The molecule has 0 radical (unpaired) electrons. The smallest absolute Gasteiger partial charge is 0.133 e. The lowest BCUT2D eigenvalue weighted by Gasteiger charge is -2.02. The van der Waals surface area contributed by atoms with Crippen LogP contribution in [0.1, 0.15) is 36.8 Å². The second-order valence-corrected chi connectivity index (χ2v) is 4.21. The topological polar surface area (TPSA) is 17.1 Å². The van der Waals surface area contributed by atoms with Gasteiger partial charge in [0.15, 0.2) is 0 Å². The highest BCUT2D eigenvalue weighted by molar-refractivity contribution is 5.78. The van der Waals surface area contributed by atoms with Gasteiger partial charge in [0.25, 0.3) is 0 Å². The van der Waals surface area contributed by atoms with Gasteiger partial charge in [-0.3, -0.25) is 4.79 Å². The predicted octanol–water partition coefficient (Wildman–Crippen LogP) is 3.85. The molecule has 1 nitrogen and oxygen atoms in total. The zero-order valence-corrected chi connectivity index (χ0v) is 10.0.